The molecule has 0 aliphatic heterocycles. The van der Waals surface area contributed by atoms with Gasteiger partial charge in [0.1, 0.15) is 0 Å². The van der Waals surface area contributed by atoms with Gasteiger partial charge in [0.15, 0.2) is 0 Å². The zero-order chi connectivity index (χ0) is 10.6. The Bertz CT molecular complexity index is 367. The van der Waals surface area contributed by atoms with Crippen LogP contribution in [-0.2, 0) is 4.84 Å². The highest BCUT2D eigenvalue weighted by molar-refractivity contribution is 6.33. The van der Waals surface area contributed by atoms with Gasteiger partial charge in [-0.1, -0.05) is 23.7 Å². The summed E-state index contributed by atoms with van der Waals surface area (Å²) in [6.45, 7) is 0. The highest BCUT2D eigenvalue weighted by Crippen LogP contribution is 2.15. The van der Waals surface area contributed by atoms with Crippen LogP contribution < -0.4 is 11.2 Å². The number of amides is 2. The molecule has 0 saturated heterocycles. The van der Waals surface area contributed by atoms with E-state index in [2.05, 4.69) is 4.84 Å². The SMILES string of the molecule is NC(=O)NOC(=O)c1ccccc1Cl. The average Bonchev–Trinajstić information content (AvgIpc) is 2.15. The van der Waals surface area contributed by atoms with Crippen LogP contribution in [0.4, 0.5) is 4.79 Å². The molecule has 0 aromatic heterocycles. The summed E-state index contributed by atoms with van der Waals surface area (Å²) in [5.41, 5.74) is 6.55. The van der Waals surface area contributed by atoms with Crippen molar-refractivity contribution in [2.45, 2.75) is 0 Å². The van der Waals surface area contributed by atoms with Crippen molar-refractivity contribution in [3.8, 4) is 0 Å². The van der Waals surface area contributed by atoms with Crippen LogP contribution >= 0.6 is 11.6 Å². The second-order valence-electron chi connectivity index (χ2n) is 2.34. The lowest BCUT2D eigenvalue weighted by Crippen LogP contribution is -2.31. The quantitative estimate of drug-likeness (QED) is 0.687. The molecule has 1 aromatic rings. The van der Waals surface area contributed by atoms with Gasteiger partial charge in [0, 0.05) is 0 Å². The fraction of sp³-hybridized carbons (Fsp3) is 0. The molecule has 6 heteroatoms. The smallest absolute Gasteiger partial charge is 0.349 e. The van der Waals surface area contributed by atoms with Crippen LogP contribution in [-0.4, -0.2) is 12.0 Å². The van der Waals surface area contributed by atoms with Crippen molar-refractivity contribution in [2.24, 2.45) is 5.73 Å². The Morgan fingerprint density at radius 2 is 2.00 bits per heavy atom. The van der Waals surface area contributed by atoms with Crippen molar-refractivity contribution >= 4 is 23.6 Å². The van der Waals surface area contributed by atoms with Gasteiger partial charge in [-0.2, -0.15) is 5.48 Å². The first-order chi connectivity index (χ1) is 6.61. The van der Waals surface area contributed by atoms with E-state index in [9.17, 15) is 9.59 Å². The van der Waals surface area contributed by atoms with Crippen molar-refractivity contribution in [3.05, 3.63) is 34.9 Å². The van der Waals surface area contributed by atoms with Crippen molar-refractivity contribution in [2.75, 3.05) is 0 Å². The molecule has 0 fully saturated rings. The molecule has 0 aliphatic rings. The van der Waals surface area contributed by atoms with Crippen molar-refractivity contribution in [1.82, 2.24) is 5.48 Å². The molecule has 0 aliphatic carbocycles. The van der Waals surface area contributed by atoms with Gasteiger partial charge in [0.2, 0.25) is 0 Å². The number of nitrogens with one attached hydrogen (secondary N) is 1. The number of carbonyl (C=O) groups is 2. The monoisotopic (exact) mass is 214 g/mol. The number of urea groups is 1. The number of nitrogens with two attached hydrogens (primary N) is 1. The molecular weight excluding hydrogens is 208 g/mol. The normalized spacial score (nSPS) is 9.21. The lowest BCUT2D eigenvalue weighted by atomic mass is 10.2. The maximum atomic E-state index is 11.2. The molecule has 5 nitrogen and oxygen atoms in total. The summed E-state index contributed by atoms with van der Waals surface area (Å²) < 4.78 is 0. The number of hydroxylamine groups is 1. The summed E-state index contributed by atoms with van der Waals surface area (Å²) in [6, 6.07) is 5.33. The zero-order valence-corrected chi connectivity index (χ0v) is 7.75. The molecule has 14 heavy (non-hydrogen) atoms. The largest absolute Gasteiger partial charge is 0.364 e. The van der Waals surface area contributed by atoms with Gasteiger partial charge in [-0.25, -0.2) is 9.59 Å². The minimum absolute atomic E-state index is 0.155. The second-order valence-corrected chi connectivity index (χ2v) is 2.74. The highest BCUT2D eigenvalue weighted by atomic mass is 35.5. The lowest BCUT2D eigenvalue weighted by molar-refractivity contribution is 0.0335. The zero-order valence-electron chi connectivity index (χ0n) is 6.99. The summed E-state index contributed by atoms with van der Waals surface area (Å²) in [5.74, 6) is -0.769. The molecule has 0 spiro atoms. The highest BCUT2D eigenvalue weighted by Gasteiger charge is 2.11. The maximum absolute atomic E-state index is 11.2. The molecule has 0 unspecified atom stereocenters. The Morgan fingerprint density at radius 3 is 2.57 bits per heavy atom. The number of primary amides is 1. The second kappa shape index (κ2) is 4.48. The number of carbonyl (C=O) groups excluding carboxylic acids is 2. The molecule has 0 bridgehead atoms. The molecule has 0 heterocycles. The number of halogens is 1. The summed E-state index contributed by atoms with van der Waals surface area (Å²) in [4.78, 5) is 25.7. The van der Waals surface area contributed by atoms with Gasteiger partial charge in [0.25, 0.3) is 0 Å². The van der Waals surface area contributed by atoms with E-state index in [1.54, 1.807) is 17.6 Å². The van der Waals surface area contributed by atoms with Crippen LogP contribution in [0, 0.1) is 0 Å². The summed E-state index contributed by atoms with van der Waals surface area (Å²) in [5, 5.41) is 0.240. The van der Waals surface area contributed by atoms with E-state index in [0.717, 1.165) is 0 Å². The van der Waals surface area contributed by atoms with Gasteiger partial charge < -0.3 is 10.6 Å². The van der Waals surface area contributed by atoms with Gasteiger partial charge in [-0.15, -0.1) is 0 Å². The van der Waals surface area contributed by atoms with Gasteiger partial charge >= 0.3 is 12.0 Å². The van der Waals surface area contributed by atoms with Crippen LogP contribution in [0.1, 0.15) is 10.4 Å². The standard InChI is InChI=1S/C8H7ClN2O3/c9-6-4-2-1-3-5(6)7(12)14-11-8(10)13/h1-4H,(H3,10,11,13). The number of benzene rings is 1. The third-order valence-electron chi connectivity index (χ3n) is 1.34. The van der Waals surface area contributed by atoms with Crippen LogP contribution in [0.2, 0.25) is 5.02 Å². The fourth-order valence-electron chi connectivity index (χ4n) is 0.778. The number of rotatable bonds is 1. The Labute approximate surface area is 84.7 Å². The first-order valence-corrected chi connectivity index (χ1v) is 4.00. The molecule has 3 N–H and O–H groups in total. The fourth-order valence-corrected chi connectivity index (χ4v) is 0.991. The van der Waals surface area contributed by atoms with E-state index in [-0.39, 0.29) is 10.6 Å². The molecular formula is C8H7ClN2O3. The molecule has 0 saturated carbocycles. The maximum Gasteiger partial charge on any atom is 0.364 e. The topological polar surface area (TPSA) is 81.4 Å². The van der Waals surface area contributed by atoms with E-state index in [4.69, 9.17) is 17.3 Å². The molecule has 0 atom stereocenters. The molecule has 1 rings (SSSR count). The Kier molecular flexibility index (Phi) is 3.30. The summed E-state index contributed by atoms with van der Waals surface area (Å²) in [7, 11) is 0. The Balaban J connectivity index is 2.70. The van der Waals surface area contributed by atoms with Gasteiger partial charge in [-0.05, 0) is 12.1 Å². The molecule has 74 valence electrons. The predicted molar refractivity (Wildman–Crippen MR) is 49.6 cm³/mol. The van der Waals surface area contributed by atoms with Crippen LogP contribution in [0.15, 0.2) is 24.3 Å². The third kappa shape index (κ3) is 2.63. The van der Waals surface area contributed by atoms with E-state index < -0.39 is 12.0 Å². The number of hydrogen-bond acceptors (Lipinski definition) is 3. The number of hydrogen-bond donors (Lipinski definition) is 2. The Morgan fingerprint density at radius 1 is 1.36 bits per heavy atom. The summed E-state index contributed by atoms with van der Waals surface area (Å²) in [6.07, 6.45) is 0. The molecule has 1 aromatic carbocycles. The van der Waals surface area contributed by atoms with E-state index in [1.165, 1.54) is 12.1 Å². The predicted octanol–water partition coefficient (Wildman–Crippen LogP) is 1.08. The first-order valence-electron chi connectivity index (χ1n) is 3.62. The van der Waals surface area contributed by atoms with Crippen molar-refractivity contribution < 1.29 is 14.4 Å². The van der Waals surface area contributed by atoms with Gasteiger partial charge in [-0.3, -0.25) is 0 Å². The van der Waals surface area contributed by atoms with Crippen LogP contribution in [0.5, 0.6) is 0 Å². The van der Waals surface area contributed by atoms with E-state index in [0.29, 0.717) is 0 Å². The van der Waals surface area contributed by atoms with Crippen molar-refractivity contribution in [3.63, 3.8) is 0 Å². The van der Waals surface area contributed by atoms with Crippen LogP contribution in [0.25, 0.3) is 0 Å². The molecule has 2 amide bonds. The lowest BCUT2D eigenvalue weighted by Gasteiger charge is -2.03. The van der Waals surface area contributed by atoms with E-state index >= 15 is 0 Å². The van der Waals surface area contributed by atoms with Crippen LogP contribution in [0.3, 0.4) is 0 Å². The first kappa shape index (κ1) is 10.3. The minimum atomic E-state index is -0.953. The van der Waals surface area contributed by atoms with Crippen molar-refractivity contribution in [1.29, 1.82) is 0 Å². The summed E-state index contributed by atoms with van der Waals surface area (Å²) >= 11 is 5.69. The minimum Gasteiger partial charge on any atom is -0.349 e. The third-order valence-corrected chi connectivity index (χ3v) is 1.67. The molecule has 0 radical (unpaired) electrons. The van der Waals surface area contributed by atoms with E-state index in [1.807, 2.05) is 0 Å². The Hall–Kier alpha value is -1.75. The van der Waals surface area contributed by atoms with Gasteiger partial charge in [0.05, 0.1) is 10.6 Å². The average molecular weight is 215 g/mol.